The molecule has 0 saturated heterocycles. The average molecular weight is 220 g/mol. The third kappa shape index (κ3) is 2.67. The summed E-state index contributed by atoms with van der Waals surface area (Å²) in [5.74, 6) is 0. The molecule has 0 aliphatic heterocycles. The molecule has 0 amide bonds. The summed E-state index contributed by atoms with van der Waals surface area (Å²) in [6, 6.07) is 7.74. The fourth-order valence-corrected chi connectivity index (χ4v) is 1.43. The zero-order valence-electron chi connectivity index (χ0n) is 8.02. The van der Waals surface area contributed by atoms with E-state index in [1.54, 1.807) is 12.4 Å². The first-order valence-electron chi connectivity index (χ1n) is 4.58. The van der Waals surface area contributed by atoms with Gasteiger partial charge in [0.2, 0.25) is 0 Å². The monoisotopic (exact) mass is 219 g/mol. The van der Waals surface area contributed by atoms with E-state index < -0.39 is 0 Å². The number of nitrogens with zero attached hydrogens (tertiary/aromatic N) is 2. The average Bonchev–Trinajstić information content (AvgIpc) is 2.29. The maximum atomic E-state index is 6.02. The van der Waals surface area contributed by atoms with Gasteiger partial charge in [0.25, 0.3) is 0 Å². The van der Waals surface area contributed by atoms with Crippen molar-refractivity contribution in [1.29, 1.82) is 0 Å². The van der Waals surface area contributed by atoms with Crippen LogP contribution in [0.5, 0.6) is 0 Å². The molecule has 4 heteroatoms. The van der Waals surface area contributed by atoms with Crippen molar-refractivity contribution in [2.75, 3.05) is 5.32 Å². The molecule has 0 aliphatic carbocycles. The molecule has 2 rings (SSSR count). The maximum Gasteiger partial charge on any atom is 0.115 e. The summed E-state index contributed by atoms with van der Waals surface area (Å²) in [6.45, 7) is 0.674. The minimum absolute atomic E-state index is 0.674. The van der Waals surface area contributed by atoms with Crippen LogP contribution in [0.15, 0.2) is 43.0 Å². The Hall–Kier alpha value is -1.61. The number of rotatable bonds is 3. The Balaban J connectivity index is 2.03. The van der Waals surface area contributed by atoms with Crippen LogP contribution < -0.4 is 5.32 Å². The second-order valence-corrected chi connectivity index (χ2v) is 3.48. The van der Waals surface area contributed by atoms with Gasteiger partial charge in [0.05, 0.1) is 18.1 Å². The van der Waals surface area contributed by atoms with Crippen LogP contribution in [0.1, 0.15) is 5.56 Å². The van der Waals surface area contributed by atoms with Gasteiger partial charge in [0.15, 0.2) is 0 Å². The van der Waals surface area contributed by atoms with Gasteiger partial charge >= 0.3 is 0 Å². The molecule has 1 N–H and O–H groups in total. The fraction of sp³-hybridized carbons (Fsp3) is 0.0909. The molecule has 0 aliphatic rings. The number of benzene rings is 1. The second kappa shape index (κ2) is 4.75. The molecule has 0 bridgehead atoms. The van der Waals surface area contributed by atoms with Crippen LogP contribution in [-0.2, 0) is 6.54 Å². The quantitative estimate of drug-likeness (QED) is 0.863. The van der Waals surface area contributed by atoms with Gasteiger partial charge in [-0.2, -0.15) is 0 Å². The normalized spacial score (nSPS) is 9.93. The molecular weight excluding hydrogens is 210 g/mol. The summed E-state index contributed by atoms with van der Waals surface area (Å²) in [7, 11) is 0. The van der Waals surface area contributed by atoms with E-state index in [9.17, 15) is 0 Å². The minimum atomic E-state index is 0.674. The van der Waals surface area contributed by atoms with Gasteiger partial charge < -0.3 is 5.32 Å². The lowest BCUT2D eigenvalue weighted by molar-refractivity contribution is 1.10. The number of hydrogen-bond donors (Lipinski definition) is 1. The highest BCUT2D eigenvalue weighted by atomic mass is 35.5. The zero-order valence-corrected chi connectivity index (χ0v) is 8.78. The third-order valence-electron chi connectivity index (χ3n) is 2.00. The summed E-state index contributed by atoms with van der Waals surface area (Å²) in [6.07, 6.45) is 4.95. The zero-order chi connectivity index (χ0) is 10.5. The molecule has 2 aromatic rings. The highest BCUT2D eigenvalue weighted by Gasteiger charge is 1.98. The van der Waals surface area contributed by atoms with Crippen LogP contribution in [0.2, 0.25) is 5.02 Å². The Morgan fingerprint density at radius 3 is 2.60 bits per heavy atom. The Bertz CT molecular complexity index is 431. The molecule has 0 fully saturated rings. The van der Waals surface area contributed by atoms with Crippen molar-refractivity contribution >= 4 is 17.3 Å². The van der Waals surface area contributed by atoms with Crippen LogP contribution in [0.25, 0.3) is 0 Å². The Morgan fingerprint density at radius 1 is 1.13 bits per heavy atom. The van der Waals surface area contributed by atoms with Gasteiger partial charge in [0, 0.05) is 11.6 Å². The Labute approximate surface area is 93.1 Å². The SMILES string of the molecule is Clc1ccccc1CNc1cncnc1. The molecule has 76 valence electrons. The van der Waals surface area contributed by atoms with Crippen molar-refractivity contribution in [3.05, 3.63) is 53.6 Å². The van der Waals surface area contributed by atoms with Crippen LogP contribution in [0, 0.1) is 0 Å². The molecule has 0 unspecified atom stereocenters. The largest absolute Gasteiger partial charge is 0.378 e. The van der Waals surface area contributed by atoms with Gasteiger partial charge in [-0.15, -0.1) is 0 Å². The first-order valence-corrected chi connectivity index (χ1v) is 4.96. The van der Waals surface area contributed by atoms with E-state index in [-0.39, 0.29) is 0 Å². The highest BCUT2D eigenvalue weighted by molar-refractivity contribution is 6.31. The lowest BCUT2D eigenvalue weighted by atomic mass is 10.2. The van der Waals surface area contributed by atoms with Gasteiger partial charge in [-0.25, -0.2) is 9.97 Å². The molecule has 1 aromatic heterocycles. The maximum absolute atomic E-state index is 6.02. The Morgan fingerprint density at radius 2 is 1.87 bits per heavy atom. The summed E-state index contributed by atoms with van der Waals surface area (Å²) >= 11 is 6.02. The molecule has 1 aromatic carbocycles. The molecule has 0 radical (unpaired) electrons. The molecule has 15 heavy (non-hydrogen) atoms. The van der Waals surface area contributed by atoms with Crippen LogP contribution in [-0.4, -0.2) is 9.97 Å². The van der Waals surface area contributed by atoms with Crippen molar-refractivity contribution < 1.29 is 0 Å². The van der Waals surface area contributed by atoms with Crippen molar-refractivity contribution in [3.63, 3.8) is 0 Å². The number of aromatic nitrogens is 2. The number of halogens is 1. The van der Waals surface area contributed by atoms with E-state index in [4.69, 9.17) is 11.6 Å². The van der Waals surface area contributed by atoms with Crippen LogP contribution >= 0.6 is 11.6 Å². The Kier molecular flexibility index (Phi) is 3.15. The predicted molar refractivity (Wildman–Crippen MR) is 60.8 cm³/mol. The number of anilines is 1. The van der Waals surface area contributed by atoms with Crippen molar-refractivity contribution in [2.24, 2.45) is 0 Å². The lowest BCUT2D eigenvalue weighted by Crippen LogP contribution is -2.00. The van der Waals surface area contributed by atoms with Gasteiger partial charge in [-0.3, -0.25) is 0 Å². The smallest absolute Gasteiger partial charge is 0.115 e. The number of hydrogen-bond acceptors (Lipinski definition) is 3. The van der Waals surface area contributed by atoms with Crippen molar-refractivity contribution in [2.45, 2.75) is 6.54 Å². The van der Waals surface area contributed by atoms with Crippen LogP contribution in [0.4, 0.5) is 5.69 Å². The van der Waals surface area contributed by atoms with E-state index >= 15 is 0 Å². The summed E-state index contributed by atoms with van der Waals surface area (Å²) in [4.78, 5) is 7.83. The van der Waals surface area contributed by atoms with Gasteiger partial charge in [0.1, 0.15) is 6.33 Å². The van der Waals surface area contributed by atoms with E-state index in [1.165, 1.54) is 6.33 Å². The van der Waals surface area contributed by atoms with Gasteiger partial charge in [-0.05, 0) is 11.6 Å². The molecular formula is C11H10ClN3. The molecule has 1 heterocycles. The van der Waals surface area contributed by atoms with E-state index in [2.05, 4.69) is 15.3 Å². The van der Waals surface area contributed by atoms with E-state index in [0.29, 0.717) is 6.54 Å². The summed E-state index contributed by atoms with van der Waals surface area (Å²) in [5, 5.41) is 3.96. The molecule has 0 saturated carbocycles. The van der Waals surface area contributed by atoms with E-state index in [1.807, 2.05) is 24.3 Å². The summed E-state index contributed by atoms with van der Waals surface area (Å²) in [5.41, 5.74) is 1.94. The third-order valence-corrected chi connectivity index (χ3v) is 2.37. The first-order chi connectivity index (χ1) is 7.36. The minimum Gasteiger partial charge on any atom is -0.378 e. The van der Waals surface area contributed by atoms with Crippen molar-refractivity contribution in [1.82, 2.24) is 9.97 Å². The number of nitrogens with one attached hydrogen (secondary N) is 1. The standard InChI is InChI=1S/C11H10ClN3/c12-11-4-2-1-3-9(11)5-15-10-6-13-8-14-7-10/h1-4,6-8,15H,5H2. The lowest BCUT2D eigenvalue weighted by Gasteiger charge is -2.06. The molecule has 0 spiro atoms. The topological polar surface area (TPSA) is 37.8 Å². The fourth-order valence-electron chi connectivity index (χ4n) is 1.23. The summed E-state index contributed by atoms with van der Waals surface area (Å²) < 4.78 is 0. The second-order valence-electron chi connectivity index (χ2n) is 3.07. The van der Waals surface area contributed by atoms with Crippen LogP contribution in [0.3, 0.4) is 0 Å². The highest BCUT2D eigenvalue weighted by Crippen LogP contribution is 2.16. The molecule has 0 atom stereocenters. The van der Waals surface area contributed by atoms with E-state index in [0.717, 1.165) is 16.3 Å². The first kappa shape index (κ1) is 9.93. The van der Waals surface area contributed by atoms with Gasteiger partial charge in [-0.1, -0.05) is 29.8 Å². The molecule has 3 nitrogen and oxygen atoms in total. The van der Waals surface area contributed by atoms with Crippen molar-refractivity contribution in [3.8, 4) is 0 Å². The predicted octanol–water partition coefficient (Wildman–Crippen LogP) is 2.74.